The van der Waals surface area contributed by atoms with Gasteiger partial charge in [0.15, 0.2) is 0 Å². The van der Waals surface area contributed by atoms with Crippen molar-refractivity contribution in [3.63, 3.8) is 0 Å². The van der Waals surface area contributed by atoms with Gasteiger partial charge in [-0.2, -0.15) is 0 Å². The molecule has 0 bridgehead atoms. The number of rotatable bonds is 1. The first-order chi connectivity index (χ1) is 5.77. The van der Waals surface area contributed by atoms with Gasteiger partial charge in [0.2, 0.25) is 0 Å². The number of hydrogen-bond acceptors (Lipinski definition) is 2. The quantitative estimate of drug-likeness (QED) is 0.549. The summed E-state index contributed by atoms with van der Waals surface area (Å²) < 4.78 is 0. The fourth-order valence-corrected chi connectivity index (χ4v) is 1.46. The monoisotopic (exact) mass is 166 g/mol. The second kappa shape index (κ2) is 4.13. The summed E-state index contributed by atoms with van der Waals surface area (Å²) in [6.07, 6.45) is 6.98. The Morgan fingerprint density at radius 1 is 1.58 bits per heavy atom. The van der Waals surface area contributed by atoms with Crippen LogP contribution in [0.2, 0.25) is 0 Å². The molecule has 1 amide bonds. The van der Waals surface area contributed by atoms with Crippen molar-refractivity contribution in [2.45, 2.75) is 12.8 Å². The normalized spacial score (nSPS) is 18.8. The highest BCUT2D eigenvalue weighted by Gasteiger charge is 2.20. The molecule has 0 aliphatic carbocycles. The van der Waals surface area contributed by atoms with Crippen molar-refractivity contribution < 1.29 is 4.79 Å². The highest BCUT2D eigenvalue weighted by Crippen LogP contribution is 2.15. The average molecular weight is 166 g/mol. The molecule has 2 N–H and O–H groups in total. The summed E-state index contributed by atoms with van der Waals surface area (Å²) >= 11 is 0. The zero-order chi connectivity index (χ0) is 8.97. The van der Waals surface area contributed by atoms with Gasteiger partial charge in [0.05, 0.1) is 0 Å². The molecule has 3 heteroatoms. The molecule has 1 rings (SSSR count). The maximum Gasteiger partial charge on any atom is 0.298 e. The molecule has 1 aliphatic rings. The van der Waals surface area contributed by atoms with Gasteiger partial charge >= 0.3 is 0 Å². The summed E-state index contributed by atoms with van der Waals surface area (Å²) in [5.74, 6) is 2.51. The average Bonchev–Trinajstić information content (AvgIpc) is 2.17. The number of terminal acetylenes is 1. The minimum atomic E-state index is -0.189. The van der Waals surface area contributed by atoms with Crippen LogP contribution in [0.5, 0.6) is 0 Å². The Morgan fingerprint density at radius 2 is 2.17 bits per heavy atom. The van der Waals surface area contributed by atoms with E-state index >= 15 is 0 Å². The van der Waals surface area contributed by atoms with E-state index in [1.54, 1.807) is 4.90 Å². The van der Waals surface area contributed by atoms with Gasteiger partial charge in [-0.3, -0.25) is 4.79 Å². The number of hydrogen-bond donors (Lipinski definition) is 1. The molecule has 0 atom stereocenters. The van der Waals surface area contributed by atoms with E-state index in [1.807, 2.05) is 0 Å². The Kier molecular flexibility index (Phi) is 3.12. The topological polar surface area (TPSA) is 46.3 Å². The first kappa shape index (κ1) is 9.08. The van der Waals surface area contributed by atoms with Gasteiger partial charge in [-0.05, 0) is 31.2 Å². The summed E-state index contributed by atoms with van der Waals surface area (Å²) in [5, 5.41) is 0. The minimum absolute atomic E-state index is 0.189. The lowest BCUT2D eigenvalue weighted by Crippen LogP contribution is -2.39. The maximum atomic E-state index is 11.0. The molecular weight excluding hydrogens is 152 g/mol. The molecule has 1 saturated heterocycles. The van der Waals surface area contributed by atoms with Crippen molar-refractivity contribution in [1.82, 2.24) is 4.90 Å². The molecule has 0 unspecified atom stereocenters. The molecule has 1 fully saturated rings. The molecule has 66 valence electrons. The largest absolute Gasteiger partial charge is 0.332 e. The van der Waals surface area contributed by atoms with Crippen molar-refractivity contribution in [3.8, 4) is 12.3 Å². The minimum Gasteiger partial charge on any atom is -0.332 e. The van der Waals surface area contributed by atoms with E-state index in [1.165, 1.54) is 0 Å². The molecule has 0 aromatic rings. The van der Waals surface area contributed by atoms with Crippen LogP contribution in [0.3, 0.4) is 0 Å². The van der Waals surface area contributed by atoms with Gasteiger partial charge < -0.3 is 10.6 Å². The molecule has 3 nitrogen and oxygen atoms in total. The van der Waals surface area contributed by atoms with Crippen LogP contribution >= 0.6 is 0 Å². The van der Waals surface area contributed by atoms with Gasteiger partial charge in [0, 0.05) is 13.1 Å². The smallest absolute Gasteiger partial charge is 0.298 e. The second-order valence-electron chi connectivity index (χ2n) is 3.12. The number of piperidine rings is 1. The highest BCUT2D eigenvalue weighted by molar-refractivity contribution is 5.92. The highest BCUT2D eigenvalue weighted by atomic mass is 16.2. The van der Waals surface area contributed by atoms with Crippen molar-refractivity contribution in [1.29, 1.82) is 0 Å². The Balaban J connectivity index is 2.37. The van der Waals surface area contributed by atoms with Gasteiger partial charge in [-0.25, -0.2) is 0 Å². The van der Waals surface area contributed by atoms with Crippen molar-refractivity contribution in [3.05, 3.63) is 0 Å². The van der Waals surface area contributed by atoms with Crippen LogP contribution in [0.15, 0.2) is 0 Å². The van der Waals surface area contributed by atoms with Gasteiger partial charge in [0.1, 0.15) is 0 Å². The van der Waals surface area contributed by atoms with E-state index in [9.17, 15) is 4.79 Å². The van der Waals surface area contributed by atoms with Crippen molar-refractivity contribution in [2.24, 2.45) is 11.7 Å². The van der Waals surface area contributed by atoms with Crippen LogP contribution in [-0.4, -0.2) is 30.4 Å². The van der Waals surface area contributed by atoms with Gasteiger partial charge in [-0.15, -0.1) is 6.42 Å². The predicted octanol–water partition coefficient (Wildman–Crippen LogP) is -0.183. The molecular formula is C9H14N2O. The van der Waals surface area contributed by atoms with Crippen LogP contribution in [0.4, 0.5) is 0 Å². The van der Waals surface area contributed by atoms with E-state index in [0.717, 1.165) is 32.5 Å². The molecule has 12 heavy (non-hydrogen) atoms. The summed E-state index contributed by atoms with van der Waals surface area (Å²) in [6, 6.07) is 0. The third kappa shape index (κ3) is 1.99. The van der Waals surface area contributed by atoms with E-state index in [0.29, 0.717) is 5.92 Å². The Labute approximate surface area is 72.9 Å². The van der Waals surface area contributed by atoms with Gasteiger partial charge in [0.25, 0.3) is 5.91 Å². The summed E-state index contributed by atoms with van der Waals surface area (Å²) in [7, 11) is 0. The Bertz CT molecular complexity index is 199. The lowest BCUT2D eigenvalue weighted by Gasteiger charge is -2.29. The molecule has 0 saturated carbocycles. The van der Waals surface area contributed by atoms with E-state index in [-0.39, 0.29) is 5.91 Å². The van der Waals surface area contributed by atoms with Crippen molar-refractivity contribution >= 4 is 5.91 Å². The lowest BCUT2D eigenvalue weighted by molar-refractivity contribution is -0.126. The molecule has 0 aromatic heterocycles. The zero-order valence-corrected chi connectivity index (χ0v) is 7.12. The van der Waals surface area contributed by atoms with Gasteiger partial charge in [-0.1, -0.05) is 0 Å². The SMILES string of the molecule is C#CC(=O)N1CCC(CN)CC1. The number of amides is 1. The van der Waals surface area contributed by atoms with Crippen molar-refractivity contribution in [2.75, 3.05) is 19.6 Å². The number of nitrogens with zero attached hydrogens (tertiary/aromatic N) is 1. The van der Waals surface area contributed by atoms with Crippen LogP contribution in [0.1, 0.15) is 12.8 Å². The third-order valence-corrected chi connectivity index (χ3v) is 2.36. The fourth-order valence-electron chi connectivity index (χ4n) is 1.46. The molecule has 0 spiro atoms. The third-order valence-electron chi connectivity index (χ3n) is 2.36. The number of nitrogens with two attached hydrogens (primary N) is 1. The maximum absolute atomic E-state index is 11.0. The summed E-state index contributed by atoms with van der Waals surface area (Å²) in [5.41, 5.74) is 5.51. The predicted molar refractivity (Wildman–Crippen MR) is 47.2 cm³/mol. The van der Waals surface area contributed by atoms with Crippen LogP contribution in [0, 0.1) is 18.3 Å². The fraction of sp³-hybridized carbons (Fsp3) is 0.667. The van der Waals surface area contributed by atoms with Crippen LogP contribution < -0.4 is 5.73 Å². The first-order valence-corrected chi connectivity index (χ1v) is 4.23. The Hall–Kier alpha value is -1.01. The molecule has 0 aromatic carbocycles. The standard InChI is InChI=1S/C9H14N2O/c1-2-9(12)11-5-3-8(7-10)4-6-11/h1,8H,3-7,10H2. The molecule has 1 heterocycles. The number of carbonyl (C=O) groups excluding carboxylic acids is 1. The first-order valence-electron chi connectivity index (χ1n) is 4.23. The van der Waals surface area contributed by atoms with Crippen LogP contribution in [-0.2, 0) is 4.79 Å². The van der Waals surface area contributed by atoms with Crippen LogP contribution in [0.25, 0.3) is 0 Å². The Morgan fingerprint density at radius 3 is 2.58 bits per heavy atom. The number of carbonyl (C=O) groups is 1. The summed E-state index contributed by atoms with van der Waals surface area (Å²) in [4.78, 5) is 12.7. The second-order valence-corrected chi connectivity index (χ2v) is 3.12. The zero-order valence-electron chi connectivity index (χ0n) is 7.12. The number of likely N-dealkylation sites (tertiary alicyclic amines) is 1. The lowest BCUT2D eigenvalue weighted by atomic mass is 9.97. The molecule has 0 radical (unpaired) electrons. The van der Waals surface area contributed by atoms with E-state index in [2.05, 4.69) is 5.92 Å². The van der Waals surface area contributed by atoms with E-state index in [4.69, 9.17) is 12.2 Å². The molecule has 1 aliphatic heterocycles. The van der Waals surface area contributed by atoms with E-state index < -0.39 is 0 Å². The summed E-state index contributed by atoms with van der Waals surface area (Å²) in [6.45, 7) is 2.26.